The van der Waals surface area contributed by atoms with Crippen molar-refractivity contribution in [2.24, 2.45) is 0 Å². The van der Waals surface area contributed by atoms with Gasteiger partial charge in [0.25, 0.3) is 10.1 Å². The molecule has 0 saturated carbocycles. The zero-order valence-electron chi connectivity index (χ0n) is 17.7. The molecule has 0 amide bonds. The second-order valence-corrected chi connectivity index (χ2v) is 9.93. The molecular formula is C23H25ClN2O5S. The van der Waals surface area contributed by atoms with Crippen LogP contribution in [0.5, 0.6) is 0 Å². The molecule has 1 saturated heterocycles. The summed E-state index contributed by atoms with van der Waals surface area (Å²) in [6.07, 6.45) is 6.00. The van der Waals surface area contributed by atoms with E-state index in [1.165, 1.54) is 12.1 Å². The average Bonchev–Trinajstić information content (AvgIpc) is 3.43. The number of nitrogens with zero attached hydrogens (tertiary/aromatic N) is 2. The molecule has 3 aromatic rings. The molecule has 7 nitrogen and oxygen atoms in total. The standard InChI is InChI=1S/C23H25ClN2O5S/c1-18-2-8-22(9-3-18)32(27,28)30-15-21-14-29-23(31-21,16-26-13-12-25-17-26)11-10-19-4-6-20(24)7-5-19/h2-9,12-13,17,21H,10-11,14-16H2,1H3. The molecule has 2 aromatic carbocycles. The second kappa shape index (κ2) is 9.72. The second-order valence-electron chi connectivity index (χ2n) is 7.87. The number of halogens is 1. The highest BCUT2D eigenvalue weighted by Crippen LogP contribution is 2.31. The third-order valence-electron chi connectivity index (χ3n) is 5.32. The summed E-state index contributed by atoms with van der Waals surface area (Å²) in [5.41, 5.74) is 2.08. The Morgan fingerprint density at radius 1 is 1.19 bits per heavy atom. The number of benzene rings is 2. The van der Waals surface area contributed by atoms with E-state index in [0.29, 0.717) is 24.4 Å². The average molecular weight is 477 g/mol. The lowest BCUT2D eigenvalue weighted by molar-refractivity contribution is -0.184. The van der Waals surface area contributed by atoms with E-state index in [9.17, 15) is 8.42 Å². The van der Waals surface area contributed by atoms with Crippen molar-refractivity contribution >= 4 is 21.7 Å². The van der Waals surface area contributed by atoms with Gasteiger partial charge < -0.3 is 14.0 Å². The van der Waals surface area contributed by atoms with Gasteiger partial charge in [-0.25, -0.2) is 4.98 Å². The van der Waals surface area contributed by atoms with E-state index in [0.717, 1.165) is 11.1 Å². The predicted molar refractivity (Wildman–Crippen MR) is 120 cm³/mol. The van der Waals surface area contributed by atoms with Crippen LogP contribution in [0.1, 0.15) is 17.5 Å². The molecular weight excluding hydrogens is 452 g/mol. The lowest BCUT2D eigenvalue weighted by Gasteiger charge is -2.28. The van der Waals surface area contributed by atoms with Gasteiger partial charge in [-0.2, -0.15) is 8.42 Å². The fourth-order valence-corrected chi connectivity index (χ4v) is 4.64. The molecule has 0 radical (unpaired) electrons. The van der Waals surface area contributed by atoms with Crippen LogP contribution in [0.4, 0.5) is 0 Å². The lowest BCUT2D eigenvalue weighted by Crippen LogP contribution is -2.37. The predicted octanol–water partition coefficient (Wildman–Crippen LogP) is 3.99. The van der Waals surface area contributed by atoms with Crippen LogP contribution < -0.4 is 0 Å². The van der Waals surface area contributed by atoms with Gasteiger partial charge in [0.1, 0.15) is 6.10 Å². The highest BCUT2D eigenvalue weighted by molar-refractivity contribution is 7.86. The van der Waals surface area contributed by atoms with Crippen LogP contribution in [-0.4, -0.2) is 43.1 Å². The zero-order valence-corrected chi connectivity index (χ0v) is 19.3. The van der Waals surface area contributed by atoms with Gasteiger partial charge in [0.2, 0.25) is 0 Å². The van der Waals surface area contributed by atoms with Crippen molar-refractivity contribution in [1.82, 2.24) is 9.55 Å². The van der Waals surface area contributed by atoms with E-state index in [4.69, 9.17) is 25.3 Å². The Balaban J connectivity index is 1.42. The first-order chi connectivity index (χ1) is 15.3. The number of aryl methyl sites for hydroxylation is 2. The molecule has 32 heavy (non-hydrogen) atoms. The summed E-state index contributed by atoms with van der Waals surface area (Å²) < 4.78 is 44.5. The van der Waals surface area contributed by atoms with Gasteiger partial charge in [-0.3, -0.25) is 4.18 Å². The number of imidazole rings is 1. The van der Waals surface area contributed by atoms with E-state index in [1.54, 1.807) is 24.7 Å². The van der Waals surface area contributed by atoms with Crippen molar-refractivity contribution in [3.8, 4) is 0 Å². The molecule has 1 aliphatic rings. The van der Waals surface area contributed by atoms with Crippen molar-refractivity contribution in [2.75, 3.05) is 13.2 Å². The maximum Gasteiger partial charge on any atom is 0.297 e. The first-order valence-electron chi connectivity index (χ1n) is 10.3. The third-order valence-corrected chi connectivity index (χ3v) is 6.87. The van der Waals surface area contributed by atoms with Crippen molar-refractivity contribution in [1.29, 1.82) is 0 Å². The zero-order chi connectivity index (χ0) is 22.6. The van der Waals surface area contributed by atoms with E-state index >= 15 is 0 Å². The van der Waals surface area contributed by atoms with Crippen molar-refractivity contribution in [3.05, 3.63) is 83.4 Å². The molecule has 0 aliphatic carbocycles. The van der Waals surface area contributed by atoms with Crippen molar-refractivity contribution < 1.29 is 22.1 Å². The maximum atomic E-state index is 12.5. The van der Waals surface area contributed by atoms with Gasteiger partial charge in [0.15, 0.2) is 5.79 Å². The Kier molecular flexibility index (Phi) is 6.97. The number of aromatic nitrogens is 2. The summed E-state index contributed by atoms with van der Waals surface area (Å²) >= 11 is 5.98. The van der Waals surface area contributed by atoms with E-state index in [1.807, 2.05) is 42.0 Å². The normalized spacial score (nSPS) is 21.1. The highest BCUT2D eigenvalue weighted by atomic mass is 35.5. The topological polar surface area (TPSA) is 79.7 Å². The monoisotopic (exact) mass is 476 g/mol. The maximum absolute atomic E-state index is 12.5. The molecule has 2 unspecified atom stereocenters. The Morgan fingerprint density at radius 3 is 2.62 bits per heavy atom. The quantitative estimate of drug-likeness (QED) is 0.434. The fourth-order valence-electron chi connectivity index (χ4n) is 3.57. The fraction of sp³-hybridized carbons (Fsp3) is 0.348. The molecule has 9 heteroatoms. The van der Waals surface area contributed by atoms with Crippen molar-refractivity contribution in [2.45, 2.75) is 43.1 Å². The number of hydrogen-bond acceptors (Lipinski definition) is 6. The van der Waals surface area contributed by atoms with Crippen LogP contribution >= 0.6 is 11.6 Å². The summed E-state index contributed by atoms with van der Waals surface area (Å²) in [6.45, 7) is 2.44. The summed E-state index contributed by atoms with van der Waals surface area (Å²) in [7, 11) is -3.87. The van der Waals surface area contributed by atoms with Crippen LogP contribution in [0.15, 0.2) is 72.1 Å². The first kappa shape index (κ1) is 22.9. The smallest absolute Gasteiger partial charge is 0.297 e. The van der Waals surface area contributed by atoms with Gasteiger partial charge in [-0.15, -0.1) is 0 Å². The van der Waals surface area contributed by atoms with Gasteiger partial charge in [0, 0.05) is 23.8 Å². The Labute approximate surface area is 193 Å². The molecule has 1 aliphatic heterocycles. The Morgan fingerprint density at radius 2 is 1.94 bits per heavy atom. The van der Waals surface area contributed by atoms with E-state index in [2.05, 4.69) is 4.98 Å². The lowest BCUT2D eigenvalue weighted by atomic mass is 10.0. The largest absolute Gasteiger partial charge is 0.345 e. The third kappa shape index (κ3) is 5.76. The van der Waals surface area contributed by atoms with Crippen LogP contribution in [-0.2, 0) is 36.7 Å². The van der Waals surface area contributed by atoms with Crippen LogP contribution in [0.3, 0.4) is 0 Å². The summed E-state index contributed by atoms with van der Waals surface area (Å²) in [5, 5.41) is 0.683. The molecule has 2 atom stereocenters. The van der Waals surface area contributed by atoms with Crippen LogP contribution in [0.2, 0.25) is 5.02 Å². The molecule has 0 spiro atoms. The minimum absolute atomic E-state index is 0.120. The molecule has 0 N–H and O–H groups in total. The molecule has 4 rings (SSSR count). The van der Waals surface area contributed by atoms with Crippen molar-refractivity contribution in [3.63, 3.8) is 0 Å². The number of ether oxygens (including phenoxy) is 2. The van der Waals surface area contributed by atoms with E-state index < -0.39 is 22.0 Å². The molecule has 1 fully saturated rings. The molecule has 1 aromatic heterocycles. The highest BCUT2D eigenvalue weighted by Gasteiger charge is 2.42. The number of hydrogen-bond donors (Lipinski definition) is 0. The summed E-state index contributed by atoms with van der Waals surface area (Å²) in [6, 6.07) is 14.2. The van der Waals surface area contributed by atoms with Crippen LogP contribution in [0.25, 0.3) is 0 Å². The van der Waals surface area contributed by atoms with Gasteiger partial charge >= 0.3 is 0 Å². The van der Waals surface area contributed by atoms with Crippen LogP contribution in [0, 0.1) is 6.92 Å². The number of rotatable bonds is 9. The Hall–Kier alpha value is -2.23. The van der Waals surface area contributed by atoms with Gasteiger partial charge in [-0.1, -0.05) is 41.4 Å². The minimum atomic E-state index is -3.87. The van der Waals surface area contributed by atoms with Gasteiger partial charge in [0.05, 0.1) is 31.0 Å². The molecule has 0 bridgehead atoms. The minimum Gasteiger partial charge on any atom is -0.345 e. The molecule has 2 heterocycles. The van der Waals surface area contributed by atoms with E-state index in [-0.39, 0.29) is 18.1 Å². The summed E-state index contributed by atoms with van der Waals surface area (Å²) in [4.78, 5) is 4.20. The Bertz CT molecular complexity index is 1120. The summed E-state index contributed by atoms with van der Waals surface area (Å²) in [5.74, 6) is -0.915. The van der Waals surface area contributed by atoms with Gasteiger partial charge in [-0.05, 0) is 43.2 Å². The SMILES string of the molecule is Cc1ccc(S(=O)(=O)OCC2COC(CCc3ccc(Cl)cc3)(Cn3ccnc3)O2)cc1. The molecule has 170 valence electrons. The first-order valence-corrected chi connectivity index (χ1v) is 12.1.